The highest BCUT2D eigenvalue weighted by atomic mass is 32.1. The number of nitrogens with one attached hydrogen (secondary N) is 1. The van der Waals surface area contributed by atoms with Crippen molar-refractivity contribution in [3.63, 3.8) is 0 Å². The number of thiazole rings is 1. The van der Waals surface area contributed by atoms with Gasteiger partial charge in [0.1, 0.15) is 5.69 Å². The molecule has 2 heterocycles. The second-order valence-corrected chi connectivity index (χ2v) is 4.97. The number of carbonyl (C=O) groups is 1. The number of rotatable bonds is 5. The van der Waals surface area contributed by atoms with E-state index in [-0.39, 0.29) is 18.4 Å². The first-order valence-corrected chi connectivity index (χ1v) is 6.70. The van der Waals surface area contributed by atoms with Crippen molar-refractivity contribution >= 4 is 17.2 Å². The minimum absolute atomic E-state index is 0.0273. The van der Waals surface area contributed by atoms with Crippen LogP contribution in [-0.2, 0) is 0 Å². The fourth-order valence-electron chi connectivity index (χ4n) is 1.31. The zero-order valence-electron chi connectivity index (χ0n) is 10.4. The summed E-state index contributed by atoms with van der Waals surface area (Å²) < 4.78 is 0. The molecule has 2 N–H and O–H groups in total. The van der Waals surface area contributed by atoms with Gasteiger partial charge in [-0.15, -0.1) is 11.3 Å². The van der Waals surface area contributed by atoms with Crippen molar-refractivity contribution in [1.29, 1.82) is 0 Å². The van der Waals surface area contributed by atoms with Gasteiger partial charge >= 0.3 is 0 Å². The van der Waals surface area contributed by atoms with E-state index in [1.54, 1.807) is 23.8 Å². The van der Waals surface area contributed by atoms with Gasteiger partial charge in [0, 0.05) is 30.9 Å². The van der Waals surface area contributed by atoms with Crippen molar-refractivity contribution in [3.8, 4) is 10.8 Å². The molecule has 0 aromatic carbocycles. The zero-order chi connectivity index (χ0) is 13.7. The second kappa shape index (κ2) is 6.35. The highest BCUT2D eigenvalue weighted by molar-refractivity contribution is 7.13. The van der Waals surface area contributed by atoms with Crippen LogP contribution in [0.15, 0.2) is 23.8 Å². The van der Waals surface area contributed by atoms with Gasteiger partial charge in [0.15, 0.2) is 10.8 Å². The first kappa shape index (κ1) is 13.6. The third-order valence-corrected chi connectivity index (χ3v) is 3.25. The average molecular weight is 278 g/mol. The predicted octanol–water partition coefficient (Wildman–Crippen LogP) is 0.958. The van der Waals surface area contributed by atoms with E-state index in [9.17, 15) is 4.79 Å². The number of hydrogen-bond acceptors (Lipinski definition) is 6. The molecule has 0 saturated heterocycles. The summed E-state index contributed by atoms with van der Waals surface area (Å²) in [5.41, 5.74) is 0.345. The van der Waals surface area contributed by atoms with Gasteiger partial charge in [-0.05, 0) is 12.0 Å². The monoisotopic (exact) mass is 278 g/mol. The lowest BCUT2D eigenvalue weighted by molar-refractivity contribution is 0.0938. The molecule has 0 aliphatic rings. The van der Waals surface area contributed by atoms with Crippen molar-refractivity contribution in [2.45, 2.75) is 6.92 Å². The average Bonchev–Trinajstić information content (AvgIpc) is 2.95. The van der Waals surface area contributed by atoms with E-state index in [0.717, 1.165) is 0 Å². The first-order valence-electron chi connectivity index (χ1n) is 5.82. The van der Waals surface area contributed by atoms with Crippen molar-refractivity contribution in [1.82, 2.24) is 20.3 Å². The molecule has 0 radical (unpaired) electrons. The Hall–Kier alpha value is -1.86. The van der Waals surface area contributed by atoms with Crippen molar-refractivity contribution in [2.75, 3.05) is 13.2 Å². The van der Waals surface area contributed by atoms with Crippen LogP contribution in [0.25, 0.3) is 10.8 Å². The second-order valence-electron chi connectivity index (χ2n) is 4.11. The maximum Gasteiger partial charge on any atom is 0.270 e. The summed E-state index contributed by atoms with van der Waals surface area (Å²) in [5.74, 6) is 0.286. The van der Waals surface area contributed by atoms with Crippen molar-refractivity contribution in [3.05, 3.63) is 29.5 Å². The fraction of sp³-hybridized carbons (Fsp3) is 0.333. The van der Waals surface area contributed by atoms with E-state index >= 15 is 0 Å². The number of aromatic nitrogens is 3. The molecule has 0 spiro atoms. The topological polar surface area (TPSA) is 88.0 Å². The van der Waals surface area contributed by atoms with Gasteiger partial charge in [-0.1, -0.05) is 6.92 Å². The molecule has 0 aliphatic carbocycles. The third kappa shape index (κ3) is 3.55. The summed E-state index contributed by atoms with van der Waals surface area (Å²) in [6, 6.07) is 1.72. The van der Waals surface area contributed by atoms with Crippen LogP contribution in [0.2, 0.25) is 0 Å². The summed E-state index contributed by atoms with van der Waals surface area (Å²) in [6.45, 7) is 2.31. The summed E-state index contributed by atoms with van der Waals surface area (Å²) >= 11 is 1.32. The number of aliphatic hydroxyl groups excluding tert-OH is 1. The number of hydrogen-bond donors (Lipinski definition) is 2. The maximum absolute atomic E-state index is 11.8. The predicted molar refractivity (Wildman–Crippen MR) is 71.7 cm³/mol. The molecule has 0 fully saturated rings. The Kier molecular flexibility index (Phi) is 4.53. The lowest BCUT2D eigenvalue weighted by Gasteiger charge is -2.07. The molecule has 100 valence electrons. The lowest BCUT2D eigenvalue weighted by Crippen LogP contribution is -2.29. The van der Waals surface area contributed by atoms with Crippen LogP contribution in [0.3, 0.4) is 0 Å². The minimum atomic E-state index is -0.251. The normalized spacial score (nSPS) is 12.1. The lowest BCUT2D eigenvalue weighted by atomic mass is 10.2. The third-order valence-electron chi connectivity index (χ3n) is 2.42. The Morgan fingerprint density at radius 2 is 2.21 bits per heavy atom. The molecule has 19 heavy (non-hydrogen) atoms. The minimum Gasteiger partial charge on any atom is -0.396 e. The quantitative estimate of drug-likeness (QED) is 0.850. The molecule has 6 nitrogen and oxygen atoms in total. The van der Waals surface area contributed by atoms with E-state index in [4.69, 9.17) is 5.11 Å². The molecule has 7 heteroatoms. The van der Waals surface area contributed by atoms with Crippen LogP contribution in [0.4, 0.5) is 0 Å². The van der Waals surface area contributed by atoms with E-state index < -0.39 is 0 Å². The smallest absolute Gasteiger partial charge is 0.270 e. The molecular formula is C12H14N4O2S. The van der Waals surface area contributed by atoms with Crippen LogP contribution >= 0.6 is 11.3 Å². The van der Waals surface area contributed by atoms with E-state index in [1.807, 2.05) is 6.92 Å². The van der Waals surface area contributed by atoms with Gasteiger partial charge in [-0.3, -0.25) is 4.79 Å². The number of amides is 1. The molecule has 0 aliphatic heterocycles. The number of carbonyl (C=O) groups excluding carboxylic acids is 1. The van der Waals surface area contributed by atoms with E-state index in [0.29, 0.717) is 23.1 Å². The van der Waals surface area contributed by atoms with E-state index in [2.05, 4.69) is 20.3 Å². The molecule has 0 saturated carbocycles. The Morgan fingerprint density at radius 3 is 2.89 bits per heavy atom. The molecule has 2 aromatic rings. The largest absolute Gasteiger partial charge is 0.396 e. The standard InChI is InChI=1S/C12H14N4O2S/c1-8(6-17)5-15-11(18)9-7-19-12(16-9)10-13-3-2-4-14-10/h2-4,7-8,17H,5-6H2,1H3,(H,15,18). The zero-order valence-corrected chi connectivity index (χ0v) is 11.2. The van der Waals surface area contributed by atoms with Crippen LogP contribution in [0.5, 0.6) is 0 Å². The molecule has 1 unspecified atom stereocenters. The van der Waals surface area contributed by atoms with E-state index in [1.165, 1.54) is 11.3 Å². The number of aliphatic hydroxyl groups is 1. The van der Waals surface area contributed by atoms with Gasteiger partial charge in [0.2, 0.25) is 0 Å². The summed E-state index contributed by atoms with van der Waals surface area (Å²) in [4.78, 5) is 24.2. The molecule has 1 amide bonds. The highest BCUT2D eigenvalue weighted by Gasteiger charge is 2.13. The fourth-order valence-corrected chi connectivity index (χ4v) is 2.06. The first-order chi connectivity index (χ1) is 9.20. The van der Waals surface area contributed by atoms with Crippen LogP contribution in [0, 0.1) is 5.92 Å². The van der Waals surface area contributed by atoms with Gasteiger partial charge in [-0.25, -0.2) is 15.0 Å². The molecule has 1 atom stereocenters. The van der Waals surface area contributed by atoms with Gasteiger partial charge < -0.3 is 10.4 Å². The summed E-state index contributed by atoms with van der Waals surface area (Å²) in [6.07, 6.45) is 3.26. The maximum atomic E-state index is 11.8. The Morgan fingerprint density at radius 1 is 1.47 bits per heavy atom. The van der Waals surface area contributed by atoms with Crippen molar-refractivity contribution < 1.29 is 9.90 Å². The molecule has 2 rings (SSSR count). The van der Waals surface area contributed by atoms with Gasteiger partial charge in [-0.2, -0.15) is 0 Å². The number of nitrogens with zero attached hydrogens (tertiary/aromatic N) is 3. The van der Waals surface area contributed by atoms with Gasteiger partial charge in [0.25, 0.3) is 5.91 Å². The van der Waals surface area contributed by atoms with Gasteiger partial charge in [0.05, 0.1) is 0 Å². The molecular weight excluding hydrogens is 264 g/mol. The Bertz CT molecular complexity index is 544. The Balaban J connectivity index is 2.03. The summed E-state index contributed by atoms with van der Waals surface area (Å²) in [5, 5.41) is 13.9. The van der Waals surface area contributed by atoms with Crippen LogP contribution < -0.4 is 5.32 Å². The van der Waals surface area contributed by atoms with Crippen molar-refractivity contribution in [2.24, 2.45) is 5.92 Å². The highest BCUT2D eigenvalue weighted by Crippen LogP contribution is 2.19. The molecule has 0 bridgehead atoms. The molecule has 2 aromatic heterocycles. The van der Waals surface area contributed by atoms with Crippen LogP contribution in [-0.4, -0.2) is 39.1 Å². The van der Waals surface area contributed by atoms with Crippen LogP contribution in [0.1, 0.15) is 17.4 Å². The Labute approximate surface area is 114 Å². The SMILES string of the molecule is CC(CO)CNC(=O)c1csc(-c2ncccn2)n1. The summed E-state index contributed by atoms with van der Waals surface area (Å²) in [7, 11) is 0.